The smallest absolute Gasteiger partial charge is 0.417 e. The average Bonchev–Trinajstić information content (AvgIpc) is 2.40. The summed E-state index contributed by atoms with van der Waals surface area (Å²) in [7, 11) is 0. The highest BCUT2D eigenvalue weighted by molar-refractivity contribution is 6.32. The molecule has 2 aromatic rings. The molecule has 0 atom stereocenters. The average molecular weight is 236 g/mol. The molecule has 0 aliphatic rings. The third-order valence-corrected chi connectivity index (χ3v) is 2.20. The molecular weight excluding hydrogens is 231 g/mol. The predicted molar refractivity (Wildman–Crippen MR) is 48.8 cm³/mol. The summed E-state index contributed by atoms with van der Waals surface area (Å²) >= 11 is 5.49. The molecule has 0 N–H and O–H groups in total. The van der Waals surface area contributed by atoms with Crippen LogP contribution in [0.5, 0.6) is 0 Å². The Morgan fingerprint density at radius 3 is 2.60 bits per heavy atom. The number of hydrogen-bond donors (Lipinski definition) is 0. The molecule has 0 aliphatic heterocycles. The minimum absolute atomic E-state index is 0.157. The Labute approximate surface area is 87.7 Å². The van der Waals surface area contributed by atoms with E-state index in [0.717, 1.165) is 12.1 Å². The number of aryl methyl sites for hydroxylation is 1. The van der Waals surface area contributed by atoms with E-state index in [1.807, 2.05) is 0 Å². The SMILES string of the molecule is Cc1nc2cc(C(F)(F)F)c(Cl)cc2o1. The number of fused-ring (bicyclic) bond motifs is 1. The van der Waals surface area contributed by atoms with Gasteiger partial charge in [0, 0.05) is 13.0 Å². The Morgan fingerprint density at radius 1 is 1.33 bits per heavy atom. The molecule has 1 aromatic heterocycles. The summed E-state index contributed by atoms with van der Waals surface area (Å²) in [5.41, 5.74) is -0.486. The van der Waals surface area contributed by atoms with E-state index in [2.05, 4.69) is 4.98 Å². The van der Waals surface area contributed by atoms with Gasteiger partial charge in [0.15, 0.2) is 11.5 Å². The molecule has 15 heavy (non-hydrogen) atoms. The lowest BCUT2D eigenvalue weighted by atomic mass is 10.2. The number of nitrogens with zero attached hydrogens (tertiary/aromatic N) is 1. The van der Waals surface area contributed by atoms with Gasteiger partial charge in [0.1, 0.15) is 5.52 Å². The van der Waals surface area contributed by atoms with Crippen LogP contribution in [0.3, 0.4) is 0 Å². The van der Waals surface area contributed by atoms with Crippen LogP contribution in [-0.4, -0.2) is 4.98 Å². The van der Waals surface area contributed by atoms with Crippen LogP contribution in [0.1, 0.15) is 11.5 Å². The number of benzene rings is 1. The Hall–Kier alpha value is -1.23. The summed E-state index contributed by atoms with van der Waals surface area (Å²) in [6.45, 7) is 1.56. The van der Waals surface area contributed by atoms with Gasteiger partial charge in [-0.3, -0.25) is 0 Å². The maximum absolute atomic E-state index is 12.4. The highest BCUT2D eigenvalue weighted by Crippen LogP contribution is 2.36. The molecular formula is C9H5ClF3NO. The monoisotopic (exact) mass is 235 g/mol. The van der Waals surface area contributed by atoms with Crippen LogP contribution in [0.25, 0.3) is 11.1 Å². The van der Waals surface area contributed by atoms with Gasteiger partial charge in [0.05, 0.1) is 10.6 Å². The molecule has 0 saturated heterocycles. The topological polar surface area (TPSA) is 26.0 Å². The van der Waals surface area contributed by atoms with Crippen LogP contribution in [-0.2, 0) is 6.18 Å². The van der Waals surface area contributed by atoms with Crippen molar-refractivity contribution in [2.75, 3.05) is 0 Å². The number of aromatic nitrogens is 1. The fourth-order valence-corrected chi connectivity index (χ4v) is 1.54. The van der Waals surface area contributed by atoms with E-state index in [9.17, 15) is 13.2 Å². The summed E-state index contributed by atoms with van der Waals surface area (Å²) in [6, 6.07) is 2.01. The largest absolute Gasteiger partial charge is 0.441 e. The summed E-state index contributed by atoms with van der Waals surface area (Å²) < 4.78 is 42.4. The second kappa shape index (κ2) is 3.13. The predicted octanol–water partition coefficient (Wildman–Crippen LogP) is 3.81. The summed E-state index contributed by atoms with van der Waals surface area (Å²) in [5, 5.41) is -0.383. The fraction of sp³-hybridized carbons (Fsp3) is 0.222. The first-order valence-electron chi connectivity index (χ1n) is 4.02. The van der Waals surface area contributed by atoms with Crippen LogP contribution < -0.4 is 0 Å². The Balaban J connectivity index is 2.72. The lowest BCUT2D eigenvalue weighted by molar-refractivity contribution is -0.137. The van der Waals surface area contributed by atoms with Gasteiger partial charge in [0.2, 0.25) is 0 Å². The second-order valence-electron chi connectivity index (χ2n) is 3.03. The summed E-state index contributed by atoms with van der Waals surface area (Å²) in [5.74, 6) is 0.306. The summed E-state index contributed by atoms with van der Waals surface area (Å²) in [6.07, 6.45) is -4.47. The van der Waals surface area contributed by atoms with Crippen molar-refractivity contribution >= 4 is 22.7 Å². The highest BCUT2D eigenvalue weighted by atomic mass is 35.5. The third-order valence-electron chi connectivity index (χ3n) is 1.89. The van der Waals surface area contributed by atoms with Gasteiger partial charge in [0.25, 0.3) is 0 Å². The molecule has 80 valence electrons. The van der Waals surface area contributed by atoms with Crippen LogP contribution in [0, 0.1) is 6.92 Å². The number of hydrogen-bond acceptors (Lipinski definition) is 2. The Morgan fingerprint density at radius 2 is 2.00 bits per heavy atom. The normalized spacial score (nSPS) is 12.3. The van der Waals surface area contributed by atoms with E-state index in [1.54, 1.807) is 6.92 Å². The standard InChI is InChI=1S/C9H5ClF3NO/c1-4-14-7-2-5(9(11,12)13)6(10)3-8(7)15-4/h2-3H,1H3. The fourth-order valence-electron chi connectivity index (χ4n) is 1.28. The van der Waals surface area contributed by atoms with Gasteiger partial charge in [-0.05, 0) is 6.07 Å². The number of halogens is 4. The maximum Gasteiger partial charge on any atom is 0.417 e. The van der Waals surface area contributed by atoms with E-state index >= 15 is 0 Å². The van der Waals surface area contributed by atoms with Gasteiger partial charge in [-0.25, -0.2) is 4.98 Å². The Kier molecular flexibility index (Phi) is 2.15. The summed E-state index contributed by atoms with van der Waals surface area (Å²) in [4.78, 5) is 3.80. The van der Waals surface area contributed by atoms with E-state index in [4.69, 9.17) is 16.0 Å². The first kappa shape index (κ1) is 10.3. The zero-order valence-electron chi connectivity index (χ0n) is 7.52. The van der Waals surface area contributed by atoms with Crippen LogP contribution in [0.4, 0.5) is 13.2 Å². The first-order valence-corrected chi connectivity index (χ1v) is 4.39. The van der Waals surface area contributed by atoms with Crippen LogP contribution >= 0.6 is 11.6 Å². The molecule has 2 nitrogen and oxygen atoms in total. The molecule has 0 amide bonds. The van der Waals surface area contributed by atoms with E-state index in [0.29, 0.717) is 5.89 Å². The third kappa shape index (κ3) is 1.79. The quantitative estimate of drug-likeness (QED) is 0.694. The number of rotatable bonds is 0. The van der Waals surface area contributed by atoms with Gasteiger partial charge in [-0.1, -0.05) is 11.6 Å². The molecule has 0 saturated carbocycles. The van der Waals surface area contributed by atoms with Crippen molar-refractivity contribution < 1.29 is 17.6 Å². The van der Waals surface area contributed by atoms with Gasteiger partial charge in [-0.2, -0.15) is 13.2 Å². The Bertz CT molecular complexity index is 518. The van der Waals surface area contributed by atoms with Crippen LogP contribution in [0.2, 0.25) is 5.02 Å². The van der Waals surface area contributed by atoms with Crippen molar-refractivity contribution in [2.24, 2.45) is 0 Å². The van der Waals surface area contributed by atoms with Crippen molar-refractivity contribution in [1.29, 1.82) is 0 Å². The molecule has 0 bridgehead atoms. The van der Waals surface area contributed by atoms with Crippen molar-refractivity contribution in [3.63, 3.8) is 0 Å². The lowest BCUT2D eigenvalue weighted by Gasteiger charge is -2.07. The molecule has 0 fully saturated rings. The molecule has 1 heterocycles. The maximum atomic E-state index is 12.4. The molecule has 0 radical (unpaired) electrons. The highest BCUT2D eigenvalue weighted by Gasteiger charge is 2.34. The van der Waals surface area contributed by atoms with Crippen LogP contribution in [0.15, 0.2) is 16.5 Å². The molecule has 1 aromatic carbocycles. The molecule has 0 unspecified atom stereocenters. The zero-order valence-corrected chi connectivity index (χ0v) is 8.28. The molecule has 0 aliphatic carbocycles. The van der Waals surface area contributed by atoms with Crippen molar-refractivity contribution in [3.8, 4) is 0 Å². The minimum Gasteiger partial charge on any atom is -0.441 e. The lowest BCUT2D eigenvalue weighted by Crippen LogP contribution is -2.05. The van der Waals surface area contributed by atoms with Crippen molar-refractivity contribution in [2.45, 2.75) is 13.1 Å². The zero-order chi connectivity index (χ0) is 11.2. The molecule has 0 spiro atoms. The molecule has 6 heteroatoms. The minimum atomic E-state index is -4.47. The van der Waals surface area contributed by atoms with Gasteiger partial charge in [-0.15, -0.1) is 0 Å². The van der Waals surface area contributed by atoms with E-state index in [-0.39, 0.29) is 16.1 Å². The molecule has 2 rings (SSSR count). The van der Waals surface area contributed by atoms with E-state index in [1.165, 1.54) is 0 Å². The van der Waals surface area contributed by atoms with Gasteiger partial charge >= 0.3 is 6.18 Å². The second-order valence-corrected chi connectivity index (χ2v) is 3.44. The number of alkyl halides is 3. The van der Waals surface area contributed by atoms with Crippen molar-refractivity contribution in [1.82, 2.24) is 4.98 Å². The van der Waals surface area contributed by atoms with E-state index < -0.39 is 11.7 Å². The first-order chi connectivity index (χ1) is 6.88. The number of oxazole rings is 1. The van der Waals surface area contributed by atoms with Gasteiger partial charge < -0.3 is 4.42 Å². The van der Waals surface area contributed by atoms with Crippen molar-refractivity contribution in [3.05, 3.63) is 28.6 Å².